The van der Waals surface area contributed by atoms with Crippen LogP contribution in [-0.4, -0.2) is 25.0 Å². The molecule has 0 saturated heterocycles. The van der Waals surface area contributed by atoms with Gasteiger partial charge in [-0.25, -0.2) is 0 Å². The van der Waals surface area contributed by atoms with E-state index < -0.39 is 0 Å². The standard InChI is InChI=1S/C15H27N3O/c1-15(2,12-16)9-3-4-10-17-11-5-6-14(19)18-13-7-8-13/h13,17H,3-11H2,1-2H3,(H,18,19). The minimum Gasteiger partial charge on any atom is -0.353 e. The normalized spacial score (nSPS) is 15.0. The number of hydrogen-bond acceptors (Lipinski definition) is 3. The molecule has 4 heteroatoms. The third kappa shape index (κ3) is 8.61. The number of nitriles is 1. The first-order valence-electron chi connectivity index (χ1n) is 7.45. The van der Waals surface area contributed by atoms with Gasteiger partial charge in [0.25, 0.3) is 0 Å². The van der Waals surface area contributed by atoms with E-state index in [1.807, 2.05) is 13.8 Å². The Hall–Kier alpha value is -1.08. The van der Waals surface area contributed by atoms with Crippen molar-refractivity contribution in [1.82, 2.24) is 10.6 Å². The summed E-state index contributed by atoms with van der Waals surface area (Å²) >= 11 is 0. The Labute approximate surface area is 116 Å². The first-order chi connectivity index (χ1) is 9.03. The molecule has 1 aliphatic carbocycles. The first-order valence-corrected chi connectivity index (χ1v) is 7.45. The second-order valence-corrected chi connectivity index (χ2v) is 6.15. The molecule has 0 unspecified atom stereocenters. The van der Waals surface area contributed by atoms with Crippen molar-refractivity contribution in [2.45, 2.75) is 64.8 Å². The molecule has 1 fully saturated rings. The summed E-state index contributed by atoms with van der Waals surface area (Å²) < 4.78 is 0. The maximum atomic E-state index is 11.4. The highest BCUT2D eigenvalue weighted by atomic mass is 16.1. The second-order valence-electron chi connectivity index (χ2n) is 6.15. The molecular weight excluding hydrogens is 238 g/mol. The van der Waals surface area contributed by atoms with Gasteiger partial charge in [-0.3, -0.25) is 4.79 Å². The Kier molecular flexibility index (Phi) is 6.86. The molecule has 1 aliphatic rings. The number of nitrogens with one attached hydrogen (secondary N) is 2. The molecule has 0 atom stereocenters. The highest BCUT2D eigenvalue weighted by Gasteiger charge is 2.22. The number of hydrogen-bond donors (Lipinski definition) is 2. The van der Waals surface area contributed by atoms with Crippen molar-refractivity contribution in [2.75, 3.05) is 13.1 Å². The topological polar surface area (TPSA) is 64.9 Å². The average molecular weight is 265 g/mol. The quantitative estimate of drug-likeness (QED) is 0.596. The van der Waals surface area contributed by atoms with Gasteiger partial charge in [-0.2, -0.15) is 5.26 Å². The number of carbonyl (C=O) groups is 1. The Morgan fingerprint density at radius 2 is 1.95 bits per heavy atom. The van der Waals surface area contributed by atoms with E-state index in [9.17, 15) is 4.79 Å². The van der Waals surface area contributed by atoms with Gasteiger partial charge in [0.05, 0.1) is 11.5 Å². The third-order valence-corrected chi connectivity index (χ3v) is 3.41. The van der Waals surface area contributed by atoms with Crippen molar-refractivity contribution >= 4 is 5.91 Å². The Morgan fingerprint density at radius 3 is 2.58 bits per heavy atom. The van der Waals surface area contributed by atoms with Crippen molar-refractivity contribution in [1.29, 1.82) is 5.26 Å². The minimum absolute atomic E-state index is 0.194. The summed E-state index contributed by atoms with van der Waals surface area (Å²) in [7, 11) is 0. The van der Waals surface area contributed by atoms with E-state index in [0.717, 1.165) is 51.6 Å². The Morgan fingerprint density at radius 1 is 1.26 bits per heavy atom. The van der Waals surface area contributed by atoms with E-state index in [-0.39, 0.29) is 11.3 Å². The molecule has 0 radical (unpaired) electrons. The monoisotopic (exact) mass is 265 g/mol. The lowest BCUT2D eigenvalue weighted by molar-refractivity contribution is -0.121. The van der Waals surface area contributed by atoms with Gasteiger partial charge in [0.15, 0.2) is 0 Å². The molecule has 0 aromatic rings. The van der Waals surface area contributed by atoms with Crippen molar-refractivity contribution in [3.63, 3.8) is 0 Å². The summed E-state index contributed by atoms with van der Waals surface area (Å²) in [5.41, 5.74) is -0.194. The van der Waals surface area contributed by atoms with Gasteiger partial charge in [0, 0.05) is 12.5 Å². The first kappa shape index (κ1) is 16.0. The zero-order valence-corrected chi connectivity index (χ0v) is 12.3. The largest absolute Gasteiger partial charge is 0.353 e. The fourth-order valence-corrected chi connectivity index (χ4v) is 1.90. The highest BCUT2D eigenvalue weighted by Crippen LogP contribution is 2.21. The number of carbonyl (C=O) groups excluding carboxylic acids is 1. The molecule has 0 bridgehead atoms. The van der Waals surface area contributed by atoms with Gasteiger partial charge < -0.3 is 10.6 Å². The van der Waals surface area contributed by atoms with Crippen LogP contribution in [0.1, 0.15) is 58.8 Å². The molecule has 0 aliphatic heterocycles. The third-order valence-electron chi connectivity index (χ3n) is 3.41. The average Bonchev–Trinajstić information content (AvgIpc) is 3.16. The van der Waals surface area contributed by atoms with Crippen LogP contribution >= 0.6 is 0 Å². The van der Waals surface area contributed by atoms with Crippen LogP contribution in [0.25, 0.3) is 0 Å². The van der Waals surface area contributed by atoms with E-state index in [4.69, 9.17) is 5.26 Å². The van der Waals surface area contributed by atoms with Crippen LogP contribution in [0.3, 0.4) is 0 Å². The molecule has 2 N–H and O–H groups in total. The van der Waals surface area contributed by atoms with Crippen LogP contribution < -0.4 is 10.6 Å². The molecule has 1 amide bonds. The van der Waals surface area contributed by atoms with Gasteiger partial charge >= 0.3 is 0 Å². The van der Waals surface area contributed by atoms with Crippen molar-refractivity contribution < 1.29 is 4.79 Å². The van der Waals surface area contributed by atoms with Crippen LogP contribution in [0.2, 0.25) is 0 Å². The fraction of sp³-hybridized carbons (Fsp3) is 0.867. The van der Waals surface area contributed by atoms with Crippen LogP contribution in [0.5, 0.6) is 0 Å². The number of rotatable bonds is 10. The van der Waals surface area contributed by atoms with Gasteiger partial charge in [0.1, 0.15) is 0 Å². The molecule has 0 spiro atoms. The zero-order valence-electron chi connectivity index (χ0n) is 12.3. The van der Waals surface area contributed by atoms with E-state index in [1.54, 1.807) is 0 Å². The van der Waals surface area contributed by atoms with Gasteiger partial charge in [-0.05, 0) is 59.0 Å². The van der Waals surface area contributed by atoms with Gasteiger partial charge in [0.2, 0.25) is 5.91 Å². The molecule has 108 valence electrons. The predicted octanol–water partition coefficient (Wildman–Crippen LogP) is 2.35. The van der Waals surface area contributed by atoms with E-state index >= 15 is 0 Å². The molecule has 0 aromatic carbocycles. The summed E-state index contributed by atoms with van der Waals surface area (Å²) in [4.78, 5) is 11.4. The van der Waals surface area contributed by atoms with E-state index in [0.29, 0.717) is 12.5 Å². The maximum absolute atomic E-state index is 11.4. The molecule has 1 saturated carbocycles. The van der Waals surface area contributed by atoms with Gasteiger partial charge in [-0.1, -0.05) is 6.42 Å². The molecule has 0 aromatic heterocycles. The summed E-state index contributed by atoms with van der Waals surface area (Å²) in [5.74, 6) is 0.195. The molecule has 19 heavy (non-hydrogen) atoms. The number of nitrogens with zero attached hydrogens (tertiary/aromatic N) is 1. The lowest BCUT2D eigenvalue weighted by Crippen LogP contribution is -2.26. The van der Waals surface area contributed by atoms with Gasteiger partial charge in [-0.15, -0.1) is 0 Å². The van der Waals surface area contributed by atoms with E-state index in [1.165, 1.54) is 0 Å². The van der Waals surface area contributed by atoms with Crippen LogP contribution in [-0.2, 0) is 4.79 Å². The second kappa shape index (κ2) is 8.16. The lowest BCUT2D eigenvalue weighted by atomic mass is 9.89. The minimum atomic E-state index is -0.194. The SMILES string of the molecule is CC(C)(C#N)CCCCNCCCC(=O)NC1CC1. The van der Waals surface area contributed by atoms with Crippen molar-refractivity contribution in [3.8, 4) is 6.07 Å². The van der Waals surface area contributed by atoms with Crippen LogP contribution in [0.4, 0.5) is 0 Å². The smallest absolute Gasteiger partial charge is 0.220 e. The Bertz CT molecular complexity index is 316. The summed E-state index contributed by atoms with van der Waals surface area (Å²) in [6.07, 6.45) is 6.98. The summed E-state index contributed by atoms with van der Waals surface area (Å²) in [5, 5.41) is 15.2. The van der Waals surface area contributed by atoms with Crippen LogP contribution in [0.15, 0.2) is 0 Å². The molecule has 4 nitrogen and oxygen atoms in total. The highest BCUT2D eigenvalue weighted by molar-refractivity contribution is 5.76. The number of unbranched alkanes of at least 4 members (excludes halogenated alkanes) is 1. The number of amides is 1. The predicted molar refractivity (Wildman–Crippen MR) is 76.5 cm³/mol. The Balaban J connectivity index is 1.83. The summed E-state index contributed by atoms with van der Waals surface area (Å²) in [6.45, 7) is 5.85. The maximum Gasteiger partial charge on any atom is 0.220 e. The van der Waals surface area contributed by atoms with Crippen LogP contribution in [0, 0.1) is 16.7 Å². The summed E-state index contributed by atoms with van der Waals surface area (Å²) in [6, 6.07) is 2.80. The van der Waals surface area contributed by atoms with Crippen molar-refractivity contribution in [2.24, 2.45) is 5.41 Å². The van der Waals surface area contributed by atoms with Crippen molar-refractivity contribution in [3.05, 3.63) is 0 Å². The van der Waals surface area contributed by atoms with E-state index in [2.05, 4.69) is 16.7 Å². The molecular formula is C15H27N3O. The fourth-order valence-electron chi connectivity index (χ4n) is 1.90. The molecule has 0 heterocycles. The lowest BCUT2D eigenvalue weighted by Gasteiger charge is -2.14. The zero-order chi connectivity index (χ0) is 14.1. The molecule has 1 rings (SSSR count).